The van der Waals surface area contributed by atoms with Gasteiger partial charge in [-0.15, -0.1) is 0 Å². The molecule has 0 unspecified atom stereocenters. The van der Waals surface area contributed by atoms with Crippen molar-refractivity contribution in [3.8, 4) is 0 Å². The Balaban J connectivity index is 2.60. The first-order chi connectivity index (χ1) is 6.11. The van der Waals surface area contributed by atoms with Crippen LogP contribution in [-0.4, -0.2) is 59.7 Å². The van der Waals surface area contributed by atoms with E-state index in [2.05, 4.69) is 0 Å². The number of methoxy groups -OCH3 is 1. The van der Waals surface area contributed by atoms with Crippen molar-refractivity contribution in [2.45, 2.75) is 30.6 Å². The quantitative estimate of drug-likeness (QED) is 0.391. The van der Waals surface area contributed by atoms with E-state index in [1.807, 2.05) is 0 Å². The maximum absolute atomic E-state index is 9.46. The summed E-state index contributed by atoms with van der Waals surface area (Å²) in [6.45, 7) is -0.481. The maximum atomic E-state index is 9.46. The third-order valence-corrected chi connectivity index (χ3v) is 2.14. The van der Waals surface area contributed by atoms with Crippen molar-refractivity contribution in [2.24, 2.45) is 5.73 Å². The van der Waals surface area contributed by atoms with Crippen molar-refractivity contribution < 1.29 is 24.8 Å². The predicted octanol–water partition coefficient (Wildman–Crippen LogP) is -2.60. The molecule has 0 bridgehead atoms. The van der Waals surface area contributed by atoms with Gasteiger partial charge >= 0.3 is 0 Å². The van der Waals surface area contributed by atoms with Gasteiger partial charge in [0.25, 0.3) is 0 Å². The molecule has 1 saturated heterocycles. The lowest BCUT2D eigenvalue weighted by atomic mass is 10.1. The van der Waals surface area contributed by atoms with Crippen LogP contribution in [0, 0.1) is 0 Å². The van der Waals surface area contributed by atoms with Gasteiger partial charge in [-0.2, -0.15) is 0 Å². The second-order valence-electron chi connectivity index (χ2n) is 3.02. The van der Waals surface area contributed by atoms with E-state index in [0.717, 1.165) is 0 Å². The molecule has 1 fully saturated rings. The first-order valence-corrected chi connectivity index (χ1v) is 4.02. The van der Waals surface area contributed by atoms with Gasteiger partial charge in [-0.1, -0.05) is 0 Å². The van der Waals surface area contributed by atoms with Crippen molar-refractivity contribution in [3.05, 3.63) is 0 Å². The van der Waals surface area contributed by atoms with E-state index in [9.17, 15) is 10.2 Å². The minimum Gasteiger partial charge on any atom is -0.394 e. The molecule has 0 saturated carbocycles. The lowest BCUT2D eigenvalue weighted by Crippen LogP contribution is -2.44. The number of rotatable bonds is 3. The molecular weight excluding hydrogens is 178 g/mol. The van der Waals surface area contributed by atoms with Crippen LogP contribution in [0.1, 0.15) is 0 Å². The van der Waals surface area contributed by atoms with Gasteiger partial charge in [0.15, 0.2) is 6.29 Å². The second kappa shape index (κ2) is 4.32. The molecule has 0 aliphatic carbocycles. The van der Waals surface area contributed by atoms with Gasteiger partial charge in [0.05, 0.1) is 12.6 Å². The third kappa shape index (κ3) is 1.98. The highest BCUT2D eigenvalue weighted by atomic mass is 16.7. The van der Waals surface area contributed by atoms with Crippen molar-refractivity contribution in [2.75, 3.05) is 13.7 Å². The van der Waals surface area contributed by atoms with E-state index >= 15 is 0 Å². The average Bonchev–Trinajstić information content (AvgIpc) is 2.43. The number of ether oxygens (including phenoxy) is 2. The third-order valence-electron chi connectivity index (χ3n) is 2.14. The fourth-order valence-electron chi connectivity index (χ4n) is 1.34. The Morgan fingerprint density at radius 2 is 2.23 bits per heavy atom. The monoisotopic (exact) mass is 193 g/mol. The molecule has 1 heterocycles. The Kier molecular flexibility index (Phi) is 3.60. The Morgan fingerprint density at radius 3 is 2.62 bits per heavy atom. The fraction of sp³-hybridized carbons (Fsp3) is 1.00. The van der Waals surface area contributed by atoms with Crippen molar-refractivity contribution in [3.63, 3.8) is 0 Å². The largest absolute Gasteiger partial charge is 0.394 e. The molecule has 6 heteroatoms. The highest BCUT2D eigenvalue weighted by Gasteiger charge is 2.44. The molecule has 0 amide bonds. The predicted molar refractivity (Wildman–Crippen MR) is 42.7 cm³/mol. The van der Waals surface area contributed by atoms with Crippen LogP contribution in [0.2, 0.25) is 0 Å². The van der Waals surface area contributed by atoms with E-state index in [4.69, 9.17) is 20.3 Å². The summed E-state index contributed by atoms with van der Waals surface area (Å²) in [5, 5.41) is 27.3. The zero-order valence-electron chi connectivity index (χ0n) is 7.33. The summed E-state index contributed by atoms with van der Waals surface area (Å²) in [5.74, 6) is 0. The van der Waals surface area contributed by atoms with Crippen molar-refractivity contribution in [1.82, 2.24) is 0 Å². The van der Waals surface area contributed by atoms with Gasteiger partial charge < -0.3 is 30.5 Å². The molecule has 5 N–H and O–H groups in total. The molecule has 0 aromatic carbocycles. The zero-order valence-corrected chi connectivity index (χ0v) is 7.33. The Hall–Kier alpha value is -0.240. The normalized spacial score (nSPS) is 42.2. The molecule has 0 aromatic rings. The van der Waals surface area contributed by atoms with Gasteiger partial charge in [0, 0.05) is 7.11 Å². The Labute approximate surface area is 75.9 Å². The van der Waals surface area contributed by atoms with Crippen LogP contribution in [0.3, 0.4) is 0 Å². The minimum atomic E-state index is -1.14. The fourth-order valence-corrected chi connectivity index (χ4v) is 1.34. The van der Waals surface area contributed by atoms with Crippen LogP contribution in [0.4, 0.5) is 0 Å². The average molecular weight is 193 g/mol. The van der Waals surface area contributed by atoms with Crippen LogP contribution in [0.15, 0.2) is 0 Å². The van der Waals surface area contributed by atoms with Crippen LogP contribution in [0.5, 0.6) is 0 Å². The minimum absolute atomic E-state index is 0.481. The molecule has 0 aromatic heterocycles. The van der Waals surface area contributed by atoms with Crippen LogP contribution >= 0.6 is 0 Å². The first kappa shape index (κ1) is 10.8. The number of hydrogen-bond acceptors (Lipinski definition) is 6. The van der Waals surface area contributed by atoms with Crippen LogP contribution < -0.4 is 5.73 Å². The van der Waals surface area contributed by atoms with Crippen LogP contribution in [-0.2, 0) is 9.47 Å². The number of aliphatic hydroxyl groups is 3. The Morgan fingerprint density at radius 1 is 1.62 bits per heavy atom. The summed E-state index contributed by atoms with van der Waals surface area (Å²) in [5.41, 5.74) is 5.52. The molecule has 0 radical (unpaired) electrons. The standard InChI is InChI=1S/C7H15NO5/c1-12-7-4(8)5(11)6(13-7)3(10)2-9/h3-7,9-11H,2,8H2,1H3/t3-,4+,5+,6+,7-/m1/s1. The number of hydrogen-bond donors (Lipinski definition) is 4. The summed E-state index contributed by atoms with van der Waals surface area (Å²) in [6, 6.07) is -0.698. The molecule has 1 aliphatic rings. The summed E-state index contributed by atoms with van der Waals surface area (Å²) >= 11 is 0. The van der Waals surface area contributed by atoms with E-state index in [0.29, 0.717) is 0 Å². The van der Waals surface area contributed by atoms with Gasteiger partial charge in [0.1, 0.15) is 18.3 Å². The van der Waals surface area contributed by atoms with Gasteiger partial charge in [0.2, 0.25) is 0 Å². The second-order valence-corrected chi connectivity index (χ2v) is 3.02. The van der Waals surface area contributed by atoms with Crippen molar-refractivity contribution in [1.29, 1.82) is 0 Å². The lowest BCUT2D eigenvalue weighted by molar-refractivity contribution is -0.152. The zero-order chi connectivity index (χ0) is 10.0. The molecule has 1 aliphatic heterocycles. The van der Waals surface area contributed by atoms with E-state index < -0.39 is 37.3 Å². The SMILES string of the molecule is CO[C@@H]1O[C@@H]([C@H](O)CO)[C@@H](O)[C@@H]1N. The summed E-state index contributed by atoms with van der Waals surface area (Å²) in [6.07, 6.45) is -3.78. The highest BCUT2D eigenvalue weighted by Crippen LogP contribution is 2.22. The van der Waals surface area contributed by atoms with Crippen molar-refractivity contribution >= 4 is 0 Å². The molecule has 6 nitrogen and oxygen atoms in total. The summed E-state index contributed by atoms with van der Waals surface area (Å²) in [7, 11) is 1.39. The maximum Gasteiger partial charge on any atom is 0.175 e. The first-order valence-electron chi connectivity index (χ1n) is 4.02. The van der Waals surface area contributed by atoms with Gasteiger partial charge in [-0.3, -0.25) is 0 Å². The summed E-state index contributed by atoms with van der Waals surface area (Å²) in [4.78, 5) is 0. The molecule has 1 rings (SSSR count). The van der Waals surface area contributed by atoms with E-state index in [1.165, 1.54) is 7.11 Å². The van der Waals surface area contributed by atoms with Crippen LogP contribution in [0.25, 0.3) is 0 Å². The number of aliphatic hydroxyl groups excluding tert-OH is 3. The molecule has 5 atom stereocenters. The topological polar surface area (TPSA) is 105 Å². The molecule has 0 spiro atoms. The smallest absolute Gasteiger partial charge is 0.175 e. The Bertz CT molecular complexity index is 167. The highest BCUT2D eigenvalue weighted by molar-refractivity contribution is 4.92. The molecular formula is C7H15NO5. The molecule has 13 heavy (non-hydrogen) atoms. The van der Waals surface area contributed by atoms with E-state index in [-0.39, 0.29) is 0 Å². The molecule has 78 valence electrons. The van der Waals surface area contributed by atoms with Gasteiger partial charge in [-0.25, -0.2) is 0 Å². The summed E-state index contributed by atoms with van der Waals surface area (Å²) < 4.78 is 9.90. The lowest BCUT2D eigenvalue weighted by Gasteiger charge is -2.18. The van der Waals surface area contributed by atoms with E-state index in [1.54, 1.807) is 0 Å². The number of nitrogens with two attached hydrogens (primary N) is 1. The van der Waals surface area contributed by atoms with Gasteiger partial charge in [-0.05, 0) is 0 Å².